The van der Waals surface area contributed by atoms with Gasteiger partial charge in [0.1, 0.15) is 12.1 Å². The van der Waals surface area contributed by atoms with Gasteiger partial charge >= 0.3 is 5.97 Å². The Morgan fingerprint density at radius 2 is 2.38 bits per heavy atom. The lowest BCUT2D eigenvalue weighted by atomic mass is 10.2. The molecule has 1 saturated heterocycles. The highest BCUT2D eigenvalue weighted by Gasteiger charge is 2.48. The Morgan fingerprint density at radius 1 is 1.62 bits per heavy atom. The fourth-order valence-electron chi connectivity index (χ4n) is 1.50. The van der Waals surface area contributed by atoms with Crippen LogP contribution in [0.15, 0.2) is 0 Å². The van der Waals surface area contributed by atoms with Crippen LogP contribution < -0.4 is 5.32 Å². The van der Waals surface area contributed by atoms with E-state index in [9.17, 15) is 4.79 Å². The Balaban J connectivity index is 1.88. The molecule has 0 bridgehead atoms. The highest BCUT2D eigenvalue weighted by atomic mass is 16.6. The van der Waals surface area contributed by atoms with E-state index in [4.69, 9.17) is 10.00 Å². The van der Waals surface area contributed by atoms with E-state index in [1.54, 1.807) is 0 Å². The van der Waals surface area contributed by atoms with Crippen LogP contribution in [-0.2, 0) is 9.53 Å². The van der Waals surface area contributed by atoms with Crippen LogP contribution in [0.4, 0.5) is 0 Å². The number of nitriles is 1. The molecule has 1 atom stereocenters. The Labute approximate surface area is 76.9 Å². The molecule has 0 amide bonds. The standard InChI is InChI=1S/C9H12N2O2/c10-6-9(3-4-9)13-8(12)7-2-1-5-11-7/h7,11H,1-5H2. The van der Waals surface area contributed by atoms with Crippen LogP contribution in [0.1, 0.15) is 25.7 Å². The minimum atomic E-state index is -0.763. The first-order valence-corrected chi connectivity index (χ1v) is 4.63. The number of hydrogen-bond donors (Lipinski definition) is 1. The van der Waals surface area contributed by atoms with Gasteiger partial charge in [-0.05, 0) is 19.4 Å². The van der Waals surface area contributed by atoms with Gasteiger partial charge in [0.05, 0.1) is 0 Å². The molecule has 13 heavy (non-hydrogen) atoms. The first kappa shape index (κ1) is 8.52. The molecule has 0 radical (unpaired) electrons. The number of carbonyl (C=O) groups excluding carboxylic acids is 1. The largest absolute Gasteiger partial charge is 0.442 e. The predicted octanol–water partition coefficient (Wildman–Crippen LogP) is 0.338. The summed E-state index contributed by atoms with van der Waals surface area (Å²) in [6.45, 7) is 0.874. The third-order valence-corrected chi connectivity index (χ3v) is 2.55. The van der Waals surface area contributed by atoms with Gasteiger partial charge in [0.25, 0.3) is 0 Å². The minimum Gasteiger partial charge on any atom is -0.442 e. The monoisotopic (exact) mass is 180 g/mol. The van der Waals surface area contributed by atoms with E-state index in [1.807, 2.05) is 6.07 Å². The van der Waals surface area contributed by atoms with Gasteiger partial charge in [0.2, 0.25) is 0 Å². The van der Waals surface area contributed by atoms with E-state index in [1.165, 1.54) is 0 Å². The van der Waals surface area contributed by atoms with Crippen molar-refractivity contribution in [1.82, 2.24) is 5.32 Å². The van der Waals surface area contributed by atoms with E-state index in [0.29, 0.717) is 12.8 Å². The lowest BCUT2D eigenvalue weighted by molar-refractivity contribution is -0.150. The Kier molecular flexibility index (Phi) is 1.97. The van der Waals surface area contributed by atoms with E-state index < -0.39 is 5.60 Å². The van der Waals surface area contributed by atoms with Crippen LogP contribution in [0, 0.1) is 11.3 Å². The van der Waals surface area contributed by atoms with Crippen molar-refractivity contribution in [3.8, 4) is 6.07 Å². The van der Waals surface area contributed by atoms with Gasteiger partial charge in [-0.1, -0.05) is 0 Å². The zero-order chi connectivity index (χ0) is 9.31. The molecule has 1 aliphatic heterocycles. The molecule has 2 rings (SSSR count). The number of carbonyl (C=O) groups is 1. The molecule has 2 aliphatic rings. The van der Waals surface area contributed by atoms with E-state index >= 15 is 0 Å². The zero-order valence-corrected chi connectivity index (χ0v) is 7.38. The molecule has 1 heterocycles. The fourth-order valence-corrected chi connectivity index (χ4v) is 1.50. The second-order valence-electron chi connectivity index (χ2n) is 3.68. The molecule has 1 aliphatic carbocycles. The van der Waals surface area contributed by atoms with Gasteiger partial charge in [-0.2, -0.15) is 5.26 Å². The Hall–Kier alpha value is -1.08. The molecule has 1 unspecified atom stereocenters. The lowest BCUT2D eigenvalue weighted by Gasteiger charge is -2.12. The summed E-state index contributed by atoms with van der Waals surface area (Å²) in [7, 11) is 0. The molecule has 4 heteroatoms. The summed E-state index contributed by atoms with van der Waals surface area (Å²) in [4.78, 5) is 11.4. The van der Waals surface area contributed by atoms with Crippen molar-refractivity contribution in [1.29, 1.82) is 5.26 Å². The summed E-state index contributed by atoms with van der Waals surface area (Å²) in [5.74, 6) is -0.253. The van der Waals surface area contributed by atoms with Crippen molar-refractivity contribution < 1.29 is 9.53 Å². The molecular weight excluding hydrogens is 168 g/mol. The predicted molar refractivity (Wildman–Crippen MR) is 44.7 cm³/mol. The summed E-state index contributed by atoms with van der Waals surface area (Å²) in [6.07, 6.45) is 3.24. The average Bonchev–Trinajstić information content (AvgIpc) is 2.69. The van der Waals surface area contributed by atoms with Crippen molar-refractivity contribution in [2.45, 2.75) is 37.3 Å². The normalized spacial score (nSPS) is 29.3. The molecule has 0 aromatic heterocycles. The van der Waals surface area contributed by atoms with Crippen molar-refractivity contribution in [2.75, 3.05) is 6.54 Å². The van der Waals surface area contributed by atoms with Crippen molar-refractivity contribution in [3.63, 3.8) is 0 Å². The third kappa shape index (κ3) is 1.65. The summed E-state index contributed by atoms with van der Waals surface area (Å²) in [5, 5.41) is 11.7. The highest BCUT2D eigenvalue weighted by molar-refractivity contribution is 5.77. The summed E-state index contributed by atoms with van der Waals surface area (Å²) in [5.41, 5.74) is -0.763. The number of esters is 1. The lowest BCUT2D eigenvalue weighted by Crippen LogP contribution is -2.35. The summed E-state index contributed by atoms with van der Waals surface area (Å²) < 4.78 is 5.12. The maximum Gasteiger partial charge on any atom is 0.324 e. The Morgan fingerprint density at radius 3 is 2.85 bits per heavy atom. The number of ether oxygens (including phenoxy) is 1. The van der Waals surface area contributed by atoms with E-state index in [0.717, 1.165) is 19.4 Å². The molecule has 0 aromatic carbocycles. The molecule has 0 spiro atoms. The molecule has 1 N–H and O–H groups in total. The van der Waals surface area contributed by atoms with Crippen molar-refractivity contribution >= 4 is 5.97 Å². The fraction of sp³-hybridized carbons (Fsp3) is 0.778. The molecular formula is C9H12N2O2. The smallest absolute Gasteiger partial charge is 0.324 e. The number of nitrogens with zero attached hydrogens (tertiary/aromatic N) is 1. The second kappa shape index (κ2) is 3.00. The van der Waals surface area contributed by atoms with Gasteiger partial charge in [-0.3, -0.25) is 4.79 Å². The first-order valence-electron chi connectivity index (χ1n) is 4.63. The van der Waals surface area contributed by atoms with Crippen molar-refractivity contribution in [3.05, 3.63) is 0 Å². The minimum absolute atomic E-state index is 0.175. The first-order chi connectivity index (χ1) is 6.26. The van der Waals surface area contributed by atoms with E-state index in [-0.39, 0.29) is 12.0 Å². The molecule has 4 nitrogen and oxygen atoms in total. The molecule has 70 valence electrons. The van der Waals surface area contributed by atoms with E-state index in [2.05, 4.69) is 5.32 Å². The molecule has 0 aromatic rings. The summed E-state index contributed by atoms with van der Waals surface area (Å²) in [6, 6.07) is 1.86. The quantitative estimate of drug-likeness (QED) is 0.622. The van der Waals surface area contributed by atoms with Gasteiger partial charge in [0, 0.05) is 12.8 Å². The average molecular weight is 180 g/mol. The molecule has 1 saturated carbocycles. The topological polar surface area (TPSA) is 62.1 Å². The molecule has 2 fully saturated rings. The number of rotatable bonds is 2. The van der Waals surface area contributed by atoms with Crippen LogP contribution in [0.5, 0.6) is 0 Å². The Bertz CT molecular complexity index is 259. The van der Waals surface area contributed by atoms with Crippen molar-refractivity contribution in [2.24, 2.45) is 0 Å². The van der Waals surface area contributed by atoms with Crippen LogP contribution in [0.3, 0.4) is 0 Å². The van der Waals surface area contributed by atoms with Crippen LogP contribution in [-0.4, -0.2) is 24.2 Å². The SMILES string of the molecule is N#CC1(OC(=O)C2CCCN2)CC1. The summed E-state index contributed by atoms with van der Waals surface area (Å²) >= 11 is 0. The highest BCUT2D eigenvalue weighted by Crippen LogP contribution is 2.39. The van der Waals surface area contributed by atoms with Gasteiger partial charge in [-0.15, -0.1) is 0 Å². The third-order valence-electron chi connectivity index (χ3n) is 2.55. The maximum atomic E-state index is 11.4. The maximum absolute atomic E-state index is 11.4. The van der Waals surface area contributed by atoms with Gasteiger partial charge in [0.15, 0.2) is 5.60 Å². The zero-order valence-electron chi connectivity index (χ0n) is 7.38. The number of nitrogens with one attached hydrogen (secondary N) is 1. The van der Waals surface area contributed by atoms with Crippen LogP contribution in [0.2, 0.25) is 0 Å². The van der Waals surface area contributed by atoms with Crippen LogP contribution >= 0.6 is 0 Å². The second-order valence-corrected chi connectivity index (χ2v) is 3.68. The van der Waals surface area contributed by atoms with Gasteiger partial charge in [-0.25, -0.2) is 0 Å². The van der Waals surface area contributed by atoms with Crippen LogP contribution in [0.25, 0.3) is 0 Å². The van der Waals surface area contributed by atoms with Gasteiger partial charge < -0.3 is 10.1 Å². The number of hydrogen-bond acceptors (Lipinski definition) is 4.